The van der Waals surface area contributed by atoms with Gasteiger partial charge >= 0.3 is 5.97 Å². The van der Waals surface area contributed by atoms with Crippen LogP contribution in [0, 0.1) is 0 Å². The Balaban J connectivity index is 2.24. The molecule has 0 saturated heterocycles. The van der Waals surface area contributed by atoms with E-state index in [0.717, 1.165) is 29.6 Å². The van der Waals surface area contributed by atoms with Crippen LogP contribution >= 0.6 is 0 Å². The quantitative estimate of drug-likeness (QED) is 0.906. The molecule has 2 aromatic rings. The highest BCUT2D eigenvalue weighted by atomic mass is 16.5. The Morgan fingerprint density at radius 3 is 2.90 bits per heavy atom. The average Bonchev–Trinajstić information content (AvgIpc) is 2.87. The van der Waals surface area contributed by atoms with Crippen molar-refractivity contribution in [1.82, 2.24) is 4.98 Å². The number of hydrogen-bond acceptors (Lipinski definition) is 2. The third-order valence-corrected chi connectivity index (χ3v) is 4.73. The molecule has 0 bridgehead atoms. The molecule has 1 aliphatic heterocycles. The van der Waals surface area contributed by atoms with Gasteiger partial charge in [0.1, 0.15) is 0 Å². The van der Waals surface area contributed by atoms with Gasteiger partial charge in [-0.2, -0.15) is 0 Å². The molecule has 1 aromatic carbocycles. The Labute approximate surface area is 124 Å². The van der Waals surface area contributed by atoms with Gasteiger partial charge in [-0.15, -0.1) is 0 Å². The summed E-state index contributed by atoms with van der Waals surface area (Å²) in [6.07, 6.45) is 1.81. The van der Waals surface area contributed by atoms with Crippen LogP contribution in [0.15, 0.2) is 18.2 Å². The van der Waals surface area contributed by atoms with E-state index in [1.807, 2.05) is 6.92 Å². The number of nitrogens with one attached hydrogen (secondary N) is 1. The fourth-order valence-electron chi connectivity index (χ4n) is 3.48. The zero-order valence-corrected chi connectivity index (χ0v) is 12.5. The van der Waals surface area contributed by atoms with Crippen LogP contribution in [0.2, 0.25) is 0 Å². The Kier molecular flexibility index (Phi) is 3.49. The van der Waals surface area contributed by atoms with E-state index in [9.17, 15) is 9.90 Å². The molecule has 1 atom stereocenters. The summed E-state index contributed by atoms with van der Waals surface area (Å²) in [5, 5.41) is 10.5. The molecule has 21 heavy (non-hydrogen) atoms. The number of carbonyl (C=O) groups is 1. The first-order valence-electron chi connectivity index (χ1n) is 7.53. The highest BCUT2D eigenvalue weighted by Gasteiger charge is 2.40. The first kappa shape index (κ1) is 14.1. The van der Waals surface area contributed by atoms with Gasteiger partial charge in [-0.25, -0.2) is 0 Å². The third-order valence-electron chi connectivity index (χ3n) is 4.73. The number of rotatable bonds is 4. The van der Waals surface area contributed by atoms with E-state index in [1.165, 1.54) is 10.9 Å². The smallest absolute Gasteiger partial charge is 0.304 e. The van der Waals surface area contributed by atoms with Crippen LogP contribution < -0.4 is 0 Å². The molecule has 4 heteroatoms. The van der Waals surface area contributed by atoms with Crippen LogP contribution in [0.4, 0.5) is 0 Å². The van der Waals surface area contributed by atoms with Gasteiger partial charge in [0, 0.05) is 27.6 Å². The lowest BCUT2D eigenvalue weighted by Gasteiger charge is -2.35. The number of benzene rings is 1. The molecule has 0 saturated carbocycles. The standard InChI is InChI=1S/C17H21NO3/c1-3-11-6-5-7-12-13-9-21-10-17(4-2,8-14(19)20)16(13)18-15(11)12/h5-7,18H,3-4,8-10H2,1-2H3,(H,19,20)/t17-/m1/s1. The van der Waals surface area contributed by atoms with Crippen molar-refractivity contribution in [3.63, 3.8) is 0 Å². The van der Waals surface area contributed by atoms with E-state index in [1.54, 1.807) is 0 Å². The molecule has 0 radical (unpaired) electrons. The van der Waals surface area contributed by atoms with Crippen LogP contribution in [0.25, 0.3) is 10.9 Å². The van der Waals surface area contributed by atoms with Gasteiger partial charge in [0.15, 0.2) is 0 Å². The number of para-hydroxylation sites is 1. The number of aliphatic carboxylic acids is 1. The maximum Gasteiger partial charge on any atom is 0.304 e. The molecule has 0 spiro atoms. The molecule has 3 rings (SSSR count). The lowest BCUT2D eigenvalue weighted by atomic mass is 9.76. The second kappa shape index (κ2) is 5.19. The summed E-state index contributed by atoms with van der Waals surface area (Å²) in [5.41, 5.74) is 4.16. The van der Waals surface area contributed by atoms with Crippen molar-refractivity contribution in [2.75, 3.05) is 6.61 Å². The number of aromatic nitrogens is 1. The Morgan fingerprint density at radius 2 is 2.24 bits per heavy atom. The molecule has 0 amide bonds. The minimum absolute atomic E-state index is 0.102. The summed E-state index contributed by atoms with van der Waals surface area (Å²) < 4.78 is 5.76. The van der Waals surface area contributed by atoms with Crippen LogP contribution in [0.1, 0.15) is 43.5 Å². The molecular formula is C17H21NO3. The maximum atomic E-state index is 11.3. The molecule has 4 nitrogen and oxygen atoms in total. The molecular weight excluding hydrogens is 266 g/mol. The van der Waals surface area contributed by atoms with Gasteiger partial charge in [-0.3, -0.25) is 4.79 Å². The number of aryl methyl sites for hydroxylation is 1. The van der Waals surface area contributed by atoms with Gasteiger partial charge in [0.25, 0.3) is 0 Å². The van der Waals surface area contributed by atoms with E-state index in [2.05, 4.69) is 30.1 Å². The Morgan fingerprint density at radius 1 is 1.43 bits per heavy atom. The number of carboxylic acid groups (broad SMARTS) is 1. The lowest BCUT2D eigenvalue weighted by molar-refractivity contribution is -0.139. The van der Waals surface area contributed by atoms with Crippen LogP contribution in [0.3, 0.4) is 0 Å². The third kappa shape index (κ3) is 2.14. The molecule has 112 valence electrons. The average molecular weight is 287 g/mol. The Bertz CT molecular complexity index is 689. The van der Waals surface area contributed by atoms with Gasteiger partial charge in [0.05, 0.1) is 19.6 Å². The van der Waals surface area contributed by atoms with Crippen molar-refractivity contribution in [3.8, 4) is 0 Å². The van der Waals surface area contributed by atoms with Crippen LogP contribution in [0.5, 0.6) is 0 Å². The van der Waals surface area contributed by atoms with Gasteiger partial charge < -0.3 is 14.8 Å². The zero-order valence-electron chi connectivity index (χ0n) is 12.5. The van der Waals surface area contributed by atoms with Crippen molar-refractivity contribution in [2.24, 2.45) is 0 Å². The Hall–Kier alpha value is -1.81. The first-order valence-corrected chi connectivity index (χ1v) is 7.53. The van der Waals surface area contributed by atoms with Crippen LogP contribution in [-0.2, 0) is 28.0 Å². The van der Waals surface area contributed by atoms with Crippen LogP contribution in [-0.4, -0.2) is 22.7 Å². The number of carboxylic acids is 1. The molecule has 2 heterocycles. The monoisotopic (exact) mass is 287 g/mol. The fraction of sp³-hybridized carbons (Fsp3) is 0.471. The van der Waals surface area contributed by atoms with E-state index in [0.29, 0.717) is 13.2 Å². The molecule has 0 unspecified atom stereocenters. The number of aromatic amines is 1. The SMILES string of the molecule is CCc1cccc2c3c([nH]c12)[C@](CC)(CC(=O)O)COC3. The summed E-state index contributed by atoms with van der Waals surface area (Å²) in [5.74, 6) is -0.775. The number of fused-ring (bicyclic) bond motifs is 3. The predicted molar refractivity (Wildman–Crippen MR) is 81.6 cm³/mol. The molecule has 1 aromatic heterocycles. The lowest BCUT2D eigenvalue weighted by Crippen LogP contribution is -2.38. The second-order valence-corrected chi connectivity index (χ2v) is 5.87. The van der Waals surface area contributed by atoms with Gasteiger partial charge in [-0.05, 0) is 18.4 Å². The van der Waals surface area contributed by atoms with E-state index in [-0.39, 0.29) is 6.42 Å². The summed E-state index contributed by atoms with van der Waals surface area (Å²) in [4.78, 5) is 14.8. The fourth-order valence-corrected chi connectivity index (χ4v) is 3.48. The summed E-state index contributed by atoms with van der Waals surface area (Å²) >= 11 is 0. The van der Waals surface area contributed by atoms with Crippen molar-refractivity contribution >= 4 is 16.9 Å². The number of hydrogen-bond donors (Lipinski definition) is 2. The topological polar surface area (TPSA) is 62.3 Å². The normalized spacial score (nSPS) is 21.4. The molecule has 1 aliphatic rings. The van der Waals surface area contributed by atoms with Gasteiger partial charge in [-0.1, -0.05) is 32.0 Å². The summed E-state index contributed by atoms with van der Waals surface area (Å²) in [6, 6.07) is 6.28. The second-order valence-electron chi connectivity index (χ2n) is 5.87. The number of H-pyrrole nitrogens is 1. The summed E-state index contributed by atoms with van der Waals surface area (Å²) in [6.45, 7) is 5.20. The molecule has 0 aliphatic carbocycles. The maximum absolute atomic E-state index is 11.3. The first-order chi connectivity index (χ1) is 10.1. The largest absolute Gasteiger partial charge is 0.481 e. The predicted octanol–water partition coefficient (Wildman–Crippen LogP) is 3.38. The van der Waals surface area contributed by atoms with Gasteiger partial charge in [0.2, 0.25) is 0 Å². The molecule has 2 N–H and O–H groups in total. The van der Waals surface area contributed by atoms with E-state index < -0.39 is 11.4 Å². The molecule has 0 fully saturated rings. The minimum Gasteiger partial charge on any atom is -0.481 e. The highest BCUT2D eigenvalue weighted by Crippen LogP contribution is 2.41. The van der Waals surface area contributed by atoms with E-state index >= 15 is 0 Å². The highest BCUT2D eigenvalue weighted by molar-refractivity contribution is 5.88. The van der Waals surface area contributed by atoms with Crippen molar-refractivity contribution in [2.45, 2.75) is 45.1 Å². The number of ether oxygens (including phenoxy) is 1. The van der Waals surface area contributed by atoms with Crippen molar-refractivity contribution < 1.29 is 14.6 Å². The van der Waals surface area contributed by atoms with E-state index in [4.69, 9.17) is 4.74 Å². The zero-order chi connectivity index (χ0) is 15.0. The van der Waals surface area contributed by atoms with Crippen molar-refractivity contribution in [3.05, 3.63) is 35.0 Å². The minimum atomic E-state index is -0.775. The van der Waals surface area contributed by atoms with Crippen molar-refractivity contribution in [1.29, 1.82) is 0 Å². The summed E-state index contributed by atoms with van der Waals surface area (Å²) in [7, 11) is 0.